The van der Waals surface area contributed by atoms with E-state index in [1.807, 2.05) is 6.92 Å². The highest BCUT2D eigenvalue weighted by Gasteiger charge is 2.13. The summed E-state index contributed by atoms with van der Waals surface area (Å²) < 4.78 is 5.33. The molecule has 7 nitrogen and oxygen atoms in total. The van der Waals surface area contributed by atoms with Crippen molar-refractivity contribution in [1.29, 1.82) is 0 Å². The number of rotatable bonds is 9. The van der Waals surface area contributed by atoms with Crippen LogP contribution in [0.5, 0.6) is 5.75 Å². The number of piperidine rings is 1. The second-order valence-corrected chi connectivity index (χ2v) is 6.63. The molecule has 0 saturated carbocycles. The van der Waals surface area contributed by atoms with Crippen molar-refractivity contribution in [2.24, 2.45) is 0 Å². The molecule has 1 aromatic carbocycles. The van der Waals surface area contributed by atoms with Gasteiger partial charge in [-0.25, -0.2) is 0 Å². The molecule has 0 spiro atoms. The summed E-state index contributed by atoms with van der Waals surface area (Å²) in [4.78, 5) is 38.0. The van der Waals surface area contributed by atoms with E-state index in [0.29, 0.717) is 30.9 Å². The Bertz CT molecular complexity index is 625. The molecule has 2 rings (SSSR count). The average molecular weight is 375 g/mol. The minimum Gasteiger partial charge on any atom is -0.494 e. The highest BCUT2D eigenvalue weighted by Crippen LogP contribution is 2.14. The Morgan fingerprint density at radius 2 is 1.56 bits per heavy atom. The van der Waals surface area contributed by atoms with Crippen molar-refractivity contribution < 1.29 is 19.1 Å². The summed E-state index contributed by atoms with van der Waals surface area (Å²) in [6, 6.07) is 6.85. The SMILES string of the molecule is CCOc1ccc(C(=O)CCC(=O)NNC(=O)CCN2CCCCC2)cc1. The zero-order valence-corrected chi connectivity index (χ0v) is 16.0. The molecule has 1 saturated heterocycles. The summed E-state index contributed by atoms with van der Waals surface area (Å²) >= 11 is 0. The van der Waals surface area contributed by atoms with Crippen LogP contribution in [0.25, 0.3) is 0 Å². The second kappa shape index (κ2) is 11.3. The van der Waals surface area contributed by atoms with Crippen LogP contribution in [-0.2, 0) is 9.59 Å². The number of carbonyl (C=O) groups excluding carboxylic acids is 3. The fraction of sp³-hybridized carbons (Fsp3) is 0.550. The van der Waals surface area contributed by atoms with Crippen LogP contribution in [0, 0.1) is 0 Å². The summed E-state index contributed by atoms with van der Waals surface area (Å²) in [6.45, 7) is 5.24. The van der Waals surface area contributed by atoms with Crippen LogP contribution in [0.15, 0.2) is 24.3 Å². The van der Waals surface area contributed by atoms with Gasteiger partial charge in [-0.1, -0.05) is 6.42 Å². The minimum atomic E-state index is -0.374. The van der Waals surface area contributed by atoms with Gasteiger partial charge in [0.2, 0.25) is 11.8 Å². The van der Waals surface area contributed by atoms with Gasteiger partial charge < -0.3 is 9.64 Å². The molecule has 1 aliphatic rings. The molecule has 1 aromatic rings. The Morgan fingerprint density at radius 3 is 2.19 bits per heavy atom. The fourth-order valence-electron chi connectivity index (χ4n) is 2.98. The molecule has 0 unspecified atom stereocenters. The maximum absolute atomic E-state index is 12.1. The summed E-state index contributed by atoms with van der Waals surface area (Å²) in [7, 11) is 0. The largest absolute Gasteiger partial charge is 0.494 e. The smallest absolute Gasteiger partial charge is 0.239 e. The van der Waals surface area contributed by atoms with Gasteiger partial charge in [0.25, 0.3) is 0 Å². The molecule has 0 aliphatic carbocycles. The van der Waals surface area contributed by atoms with E-state index < -0.39 is 0 Å². The first-order valence-corrected chi connectivity index (χ1v) is 9.64. The Morgan fingerprint density at radius 1 is 0.926 bits per heavy atom. The maximum atomic E-state index is 12.1. The third-order valence-electron chi connectivity index (χ3n) is 4.51. The number of amides is 2. The lowest BCUT2D eigenvalue weighted by molar-refractivity contribution is -0.129. The van der Waals surface area contributed by atoms with Gasteiger partial charge in [0.1, 0.15) is 5.75 Å². The molecular formula is C20H29N3O4. The number of benzene rings is 1. The predicted octanol–water partition coefficient (Wildman–Crippen LogP) is 2.07. The van der Waals surface area contributed by atoms with Crippen LogP contribution in [0.2, 0.25) is 0 Å². The van der Waals surface area contributed by atoms with E-state index in [9.17, 15) is 14.4 Å². The molecule has 1 heterocycles. The van der Waals surface area contributed by atoms with Gasteiger partial charge in [0.05, 0.1) is 6.61 Å². The van der Waals surface area contributed by atoms with Crippen LogP contribution in [-0.4, -0.2) is 48.7 Å². The summed E-state index contributed by atoms with van der Waals surface area (Å²) in [6.07, 6.45) is 4.09. The Labute approximate surface area is 160 Å². The quantitative estimate of drug-likeness (QED) is 0.510. The van der Waals surface area contributed by atoms with Crippen molar-refractivity contribution in [2.75, 3.05) is 26.2 Å². The molecule has 0 atom stereocenters. The van der Waals surface area contributed by atoms with Gasteiger partial charge in [0, 0.05) is 31.4 Å². The molecule has 2 N–H and O–H groups in total. The van der Waals surface area contributed by atoms with Gasteiger partial charge >= 0.3 is 0 Å². The van der Waals surface area contributed by atoms with Gasteiger partial charge in [-0.05, 0) is 57.1 Å². The van der Waals surface area contributed by atoms with E-state index in [1.54, 1.807) is 24.3 Å². The monoisotopic (exact) mass is 375 g/mol. The first-order valence-electron chi connectivity index (χ1n) is 9.64. The molecule has 0 aromatic heterocycles. The Balaban J connectivity index is 1.61. The van der Waals surface area contributed by atoms with E-state index >= 15 is 0 Å². The highest BCUT2D eigenvalue weighted by molar-refractivity contribution is 5.98. The molecule has 148 valence electrons. The number of hydrazine groups is 1. The number of ketones is 1. The number of likely N-dealkylation sites (tertiary alicyclic amines) is 1. The van der Waals surface area contributed by atoms with Crippen molar-refractivity contribution in [2.45, 2.75) is 45.4 Å². The fourth-order valence-corrected chi connectivity index (χ4v) is 2.98. The van der Waals surface area contributed by atoms with Crippen LogP contribution in [0.3, 0.4) is 0 Å². The first-order chi connectivity index (χ1) is 13.1. The zero-order chi connectivity index (χ0) is 19.5. The number of ether oxygens (including phenoxy) is 1. The Hall–Kier alpha value is -2.41. The van der Waals surface area contributed by atoms with E-state index in [2.05, 4.69) is 15.8 Å². The molecule has 2 amide bonds. The van der Waals surface area contributed by atoms with Gasteiger partial charge in [-0.3, -0.25) is 25.2 Å². The van der Waals surface area contributed by atoms with Crippen molar-refractivity contribution in [3.8, 4) is 5.75 Å². The third kappa shape index (κ3) is 7.78. The van der Waals surface area contributed by atoms with Crippen LogP contribution in [0.1, 0.15) is 55.8 Å². The Kier molecular flexibility index (Phi) is 8.77. The molecule has 27 heavy (non-hydrogen) atoms. The average Bonchev–Trinajstić information content (AvgIpc) is 2.70. The number of nitrogens with zero attached hydrogens (tertiary/aromatic N) is 1. The van der Waals surface area contributed by atoms with Crippen LogP contribution in [0.4, 0.5) is 0 Å². The standard InChI is InChI=1S/C20H29N3O4/c1-2-27-17-8-6-16(7-9-17)18(24)10-11-19(25)21-22-20(26)12-15-23-13-4-3-5-14-23/h6-9H,2-5,10-15H2,1H3,(H,21,25)(H,22,26). The van der Waals surface area contributed by atoms with Crippen LogP contribution < -0.4 is 15.6 Å². The summed E-state index contributed by atoms with van der Waals surface area (Å²) in [5, 5.41) is 0. The minimum absolute atomic E-state index is 0.0262. The lowest BCUT2D eigenvalue weighted by Crippen LogP contribution is -2.43. The highest BCUT2D eigenvalue weighted by atomic mass is 16.5. The number of hydrogen-bond donors (Lipinski definition) is 2. The van der Waals surface area contributed by atoms with E-state index in [0.717, 1.165) is 13.1 Å². The second-order valence-electron chi connectivity index (χ2n) is 6.63. The number of Topliss-reactive ketones (excluding diaryl/α,β-unsaturated/α-hetero) is 1. The molecule has 1 fully saturated rings. The maximum Gasteiger partial charge on any atom is 0.239 e. The topological polar surface area (TPSA) is 87.7 Å². The van der Waals surface area contributed by atoms with E-state index in [4.69, 9.17) is 4.74 Å². The number of nitrogens with one attached hydrogen (secondary N) is 2. The molecule has 0 bridgehead atoms. The normalized spacial score (nSPS) is 14.4. The third-order valence-corrected chi connectivity index (χ3v) is 4.51. The number of carbonyl (C=O) groups is 3. The lowest BCUT2D eigenvalue weighted by Gasteiger charge is -2.25. The van der Waals surface area contributed by atoms with Crippen molar-refractivity contribution >= 4 is 17.6 Å². The molecule has 1 aliphatic heterocycles. The van der Waals surface area contributed by atoms with E-state index in [-0.39, 0.29) is 30.4 Å². The summed E-state index contributed by atoms with van der Waals surface area (Å²) in [5.74, 6) is -0.00365. The van der Waals surface area contributed by atoms with Crippen molar-refractivity contribution in [1.82, 2.24) is 15.8 Å². The van der Waals surface area contributed by atoms with Gasteiger partial charge in [-0.15, -0.1) is 0 Å². The predicted molar refractivity (Wildman–Crippen MR) is 102 cm³/mol. The summed E-state index contributed by atoms with van der Waals surface area (Å²) in [5.41, 5.74) is 5.33. The molecular weight excluding hydrogens is 346 g/mol. The van der Waals surface area contributed by atoms with Gasteiger partial charge in [-0.2, -0.15) is 0 Å². The van der Waals surface area contributed by atoms with Crippen molar-refractivity contribution in [3.05, 3.63) is 29.8 Å². The first kappa shape index (κ1) is 20.9. The molecule has 7 heteroatoms. The van der Waals surface area contributed by atoms with Crippen LogP contribution >= 0.6 is 0 Å². The lowest BCUT2D eigenvalue weighted by atomic mass is 10.1. The van der Waals surface area contributed by atoms with Crippen molar-refractivity contribution in [3.63, 3.8) is 0 Å². The zero-order valence-electron chi connectivity index (χ0n) is 16.0. The van der Waals surface area contributed by atoms with E-state index in [1.165, 1.54) is 19.3 Å². The van der Waals surface area contributed by atoms with Gasteiger partial charge in [0.15, 0.2) is 5.78 Å². The molecule has 0 radical (unpaired) electrons. The number of hydrogen-bond acceptors (Lipinski definition) is 5.